The normalized spacial score (nSPS) is 12.7. The van der Waals surface area contributed by atoms with Crippen LogP contribution in [0.15, 0.2) is 43.1 Å². The summed E-state index contributed by atoms with van der Waals surface area (Å²) in [5, 5.41) is 5.50. The van der Waals surface area contributed by atoms with Crippen LogP contribution in [0.2, 0.25) is 0 Å². The van der Waals surface area contributed by atoms with Crippen LogP contribution in [-0.4, -0.2) is 7.05 Å². The van der Waals surface area contributed by atoms with Crippen LogP contribution < -0.4 is 5.32 Å². The van der Waals surface area contributed by atoms with E-state index in [9.17, 15) is 0 Å². The molecule has 1 atom stereocenters. The van der Waals surface area contributed by atoms with Crippen LogP contribution in [0.25, 0.3) is 0 Å². The van der Waals surface area contributed by atoms with E-state index in [1.807, 2.05) is 7.05 Å². The average molecular weight is 454 g/mol. The molecule has 0 saturated heterocycles. The smallest absolute Gasteiger partial charge is 0.0378 e. The van der Waals surface area contributed by atoms with E-state index in [4.69, 9.17) is 0 Å². The van der Waals surface area contributed by atoms with Crippen LogP contribution in [0.5, 0.6) is 0 Å². The maximum absolute atomic E-state index is 3.63. The molecule has 1 N–H and O–H groups in total. The van der Waals surface area contributed by atoms with Gasteiger partial charge >= 0.3 is 0 Å². The van der Waals surface area contributed by atoms with E-state index in [1.165, 1.54) is 14.9 Å². The number of thiophene rings is 1. The van der Waals surface area contributed by atoms with Crippen molar-refractivity contribution in [3.63, 3.8) is 0 Å². The molecule has 1 nitrogen and oxygen atoms in total. The van der Waals surface area contributed by atoms with E-state index in [1.54, 1.807) is 11.3 Å². The predicted octanol–water partition coefficient (Wildman–Crippen LogP) is 5.54. The minimum Gasteiger partial charge on any atom is -0.313 e. The van der Waals surface area contributed by atoms with Crippen LogP contribution in [0.3, 0.4) is 0 Å². The van der Waals surface area contributed by atoms with Crippen molar-refractivity contribution in [1.82, 2.24) is 5.32 Å². The molecule has 1 aromatic heterocycles. The van der Waals surface area contributed by atoms with Gasteiger partial charge in [-0.25, -0.2) is 0 Å². The van der Waals surface area contributed by atoms with Crippen LogP contribution in [0.1, 0.15) is 16.5 Å². The highest BCUT2D eigenvalue weighted by Crippen LogP contribution is 2.32. The Kier molecular flexibility index (Phi) is 5.45. The number of nitrogens with one attached hydrogen (secondary N) is 1. The van der Waals surface area contributed by atoms with Gasteiger partial charge in [0.1, 0.15) is 0 Å². The van der Waals surface area contributed by atoms with Gasteiger partial charge in [-0.15, -0.1) is 11.3 Å². The minimum absolute atomic E-state index is 0.308. The van der Waals surface area contributed by atoms with Crippen molar-refractivity contribution in [3.8, 4) is 0 Å². The largest absolute Gasteiger partial charge is 0.313 e. The molecule has 96 valence electrons. The molecule has 0 bridgehead atoms. The molecule has 18 heavy (non-hydrogen) atoms. The van der Waals surface area contributed by atoms with Crippen molar-refractivity contribution < 1.29 is 0 Å². The quantitative estimate of drug-likeness (QED) is 0.641. The molecule has 1 heterocycles. The highest BCUT2D eigenvalue weighted by atomic mass is 79.9. The Morgan fingerprint density at radius 3 is 2.50 bits per heavy atom. The van der Waals surface area contributed by atoms with Crippen molar-refractivity contribution in [2.45, 2.75) is 12.5 Å². The van der Waals surface area contributed by atoms with E-state index in [2.05, 4.69) is 82.8 Å². The second-order valence-electron chi connectivity index (χ2n) is 3.90. The Hall–Kier alpha value is 0.320. The summed E-state index contributed by atoms with van der Waals surface area (Å²) < 4.78 is 3.41. The molecular formula is C13H12Br3NS. The number of halogens is 3. The Bertz CT molecular complexity index is 539. The van der Waals surface area contributed by atoms with E-state index >= 15 is 0 Å². The zero-order chi connectivity index (χ0) is 13.1. The third kappa shape index (κ3) is 3.45. The van der Waals surface area contributed by atoms with E-state index in [0.717, 1.165) is 15.4 Å². The fourth-order valence-electron chi connectivity index (χ4n) is 1.81. The molecule has 0 saturated carbocycles. The molecular weight excluding hydrogens is 442 g/mol. The number of likely N-dealkylation sites (N-methyl/N-ethyl adjacent to an activating group) is 1. The van der Waals surface area contributed by atoms with Gasteiger partial charge in [-0.05, 0) is 52.1 Å². The van der Waals surface area contributed by atoms with Gasteiger partial charge in [-0.2, -0.15) is 0 Å². The van der Waals surface area contributed by atoms with Crippen LogP contribution in [-0.2, 0) is 6.42 Å². The van der Waals surface area contributed by atoms with E-state index in [0.29, 0.717) is 6.04 Å². The standard InChI is InChI=1S/C13H12Br3NS/c1-17-12(7-13-10(15)4-5-18-13)9-3-2-8(14)6-11(9)16/h2-6,12,17H,7H2,1H3. The third-order valence-corrected chi connectivity index (χ3v) is 5.90. The Morgan fingerprint density at radius 2 is 1.94 bits per heavy atom. The number of hydrogen-bond donors (Lipinski definition) is 1. The minimum atomic E-state index is 0.308. The summed E-state index contributed by atoms with van der Waals surface area (Å²) >= 11 is 12.5. The van der Waals surface area contributed by atoms with Crippen molar-refractivity contribution in [3.05, 3.63) is 53.5 Å². The summed E-state index contributed by atoms with van der Waals surface area (Å²) in [6.07, 6.45) is 0.981. The number of benzene rings is 1. The Balaban J connectivity index is 2.26. The maximum Gasteiger partial charge on any atom is 0.0378 e. The van der Waals surface area contributed by atoms with E-state index < -0.39 is 0 Å². The van der Waals surface area contributed by atoms with E-state index in [-0.39, 0.29) is 0 Å². The first kappa shape index (κ1) is 14.7. The third-order valence-electron chi connectivity index (χ3n) is 2.77. The lowest BCUT2D eigenvalue weighted by atomic mass is 10.0. The van der Waals surface area contributed by atoms with Gasteiger partial charge in [0.25, 0.3) is 0 Å². The fourth-order valence-corrected chi connectivity index (χ4v) is 4.69. The molecule has 0 fully saturated rings. The SMILES string of the molecule is CNC(Cc1sccc1Br)c1ccc(Br)cc1Br. The van der Waals surface area contributed by atoms with Gasteiger partial charge in [0.15, 0.2) is 0 Å². The molecule has 2 rings (SSSR count). The van der Waals surface area contributed by atoms with Crippen molar-refractivity contribution >= 4 is 59.1 Å². The second kappa shape index (κ2) is 6.66. The highest BCUT2D eigenvalue weighted by Gasteiger charge is 2.15. The summed E-state index contributed by atoms with van der Waals surface area (Å²) in [6, 6.07) is 8.72. The molecule has 0 amide bonds. The van der Waals surface area contributed by atoms with Crippen LogP contribution in [0, 0.1) is 0 Å². The number of hydrogen-bond acceptors (Lipinski definition) is 2. The number of rotatable bonds is 4. The van der Waals surface area contributed by atoms with Gasteiger partial charge < -0.3 is 5.32 Å². The summed E-state index contributed by atoms with van der Waals surface area (Å²) in [6.45, 7) is 0. The molecule has 0 aliphatic heterocycles. The molecule has 0 aliphatic carbocycles. The molecule has 0 radical (unpaired) electrons. The zero-order valence-electron chi connectivity index (χ0n) is 9.71. The first-order valence-corrected chi connectivity index (χ1v) is 8.71. The zero-order valence-corrected chi connectivity index (χ0v) is 15.3. The topological polar surface area (TPSA) is 12.0 Å². The summed E-state index contributed by atoms with van der Waals surface area (Å²) in [5.41, 5.74) is 1.28. The first-order chi connectivity index (χ1) is 8.61. The Morgan fingerprint density at radius 1 is 1.17 bits per heavy atom. The molecule has 0 aliphatic rings. The summed E-state index contributed by atoms with van der Waals surface area (Å²) in [5.74, 6) is 0. The summed E-state index contributed by atoms with van der Waals surface area (Å²) in [4.78, 5) is 1.36. The van der Waals surface area contributed by atoms with Gasteiger partial charge in [0.2, 0.25) is 0 Å². The molecule has 1 unspecified atom stereocenters. The van der Waals surface area contributed by atoms with Gasteiger partial charge in [-0.3, -0.25) is 0 Å². The van der Waals surface area contributed by atoms with Gasteiger partial charge in [-0.1, -0.05) is 37.9 Å². The fraction of sp³-hybridized carbons (Fsp3) is 0.231. The van der Waals surface area contributed by atoms with Crippen molar-refractivity contribution in [2.75, 3.05) is 7.05 Å². The molecule has 1 aromatic carbocycles. The van der Waals surface area contributed by atoms with Crippen molar-refractivity contribution in [1.29, 1.82) is 0 Å². The average Bonchev–Trinajstić information content (AvgIpc) is 2.73. The predicted molar refractivity (Wildman–Crippen MR) is 89.4 cm³/mol. The Labute approximate surface area is 136 Å². The van der Waals surface area contributed by atoms with Gasteiger partial charge in [0, 0.05) is 30.8 Å². The first-order valence-electron chi connectivity index (χ1n) is 5.46. The lowest BCUT2D eigenvalue weighted by Gasteiger charge is -2.18. The highest BCUT2D eigenvalue weighted by molar-refractivity contribution is 9.11. The summed E-state index contributed by atoms with van der Waals surface area (Å²) in [7, 11) is 2.00. The molecule has 5 heteroatoms. The van der Waals surface area contributed by atoms with Crippen LogP contribution in [0.4, 0.5) is 0 Å². The maximum atomic E-state index is 3.63. The lowest BCUT2D eigenvalue weighted by molar-refractivity contribution is 0.593. The molecule has 0 spiro atoms. The lowest BCUT2D eigenvalue weighted by Crippen LogP contribution is -2.19. The van der Waals surface area contributed by atoms with Gasteiger partial charge in [0.05, 0.1) is 0 Å². The van der Waals surface area contributed by atoms with Crippen LogP contribution >= 0.6 is 59.1 Å². The second-order valence-corrected chi connectivity index (χ2v) is 7.53. The monoisotopic (exact) mass is 451 g/mol. The van der Waals surface area contributed by atoms with Crippen molar-refractivity contribution in [2.24, 2.45) is 0 Å². The molecule has 2 aromatic rings.